The average molecular weight is 333 g/mol. The first-order valence-electron chi connectivity index (χ1n) is 7.02. The van der Waals surface area contributed by atoms with E-state index in [4.69, 9.17) is 17.3 Å². The number of amides is 1. The number of aliphatic hydroxyl groups excluding tert-OH is 1. The van der Waals surface area contributed by atoms with Crippen LogP contribution in [0.5, 0.6) is 0 Å². The zero-order valence-electron chi connectivity index (χ0n) is 11.8. The third kappa shape index (κ3) is 5.47. The number of nitrogens with one attached hydrogen (secondary N) is 1. The molecule has 1 aliphatic carbocycles. The van der Waals surface area contributed by atoms with E-state index < -0.39 is 6.10 Å². The van der Waals surface area contributed by atoms with Gasteiger partial charge in [-0.25, -0.2) is 0 Å². The summed E-state index contributed by atoms with van der Waals surface area (Å²) >= 11 is 5.91. The molecule has 0 spiro atoms. The maximum atomic E-state index is 12.0. The zero-order chi connectivity index (χ0) is 14.5. The number of carbonyl (C=O) groups is 1. The zero-order valence-corrected chi connectivity index (χ0v) is 13.4. The average Bonchev–Trinajstić information content (AvgIpc) is 2.42. The number of nitrogens with two attached hydrogens (primary N) is 1. The largest absolute Gasteiger partial charge is 0.391 e. The number of halogens is 2. The Morgan fingerprint density at radius 1 is 1.43 bits per heavy atom. The Balaban J connectivity index is 0.00000220. The third-order valence-corrected chi connectivity index (χ3v) is 4.08. The molecular weight excluding hydrogens is 311 g/mol. The predicted molar refractivity (Wildman–Crippen MR) is 86.7 cm³/mol. The van der Waals surface area contributed by atoms with Gasteiger partial charge in [-0.3, -0.25) is 4.79 Å². The van der Waals surface area contributed by atoms with Gasteiger partial charge in [0.1, 0.15) is 0 Å². The van der Waals surface area contributed by atoms with Gasteiger partial charge < -0.3 is 16.2 Å². The lowest BCUT2D eigenvalue weighted by molar-refractivity contribution is -0.127. The summed E-state index contributed by atoms with van der Waals surface area (Å²) in [6.07, 6.45) is 2.10. The Morgan fingerprint density at radius 3 is 2.86 bits per heavy atom. The third-order valence-electron chi connectivity index (χ3n) is 3.84. The molecule has 2 rings (SSSR count). The molecule has 1 aliphatic rings. The molecule has 0 saturated heterocycles. The Hall–Kier alpha value is -0.810. The summed E-state index contributed by atoms with van der Waals surface area (Å²) in [6, 6.07) is 7.43. The van der Waals surface area contributed by atoms with Gasteiger partial charge in [0.05, 0.1) is 6.10 Å². The minimum Gasteiger partial charge on any atom is -0.391 e. The Kier molecular flexibility index (Phi) is 7.46. The highest BCUT2D eigenvalue weighted by atomic mass is 35.5. The number of carbonyl (C=O) groups excluding carboxylic acids is 1. The maximum Gasteiger partial charge on any atom is 0.223 e. The molecule has 1 aromatic rings. The molecule has 1 fully saturated rings. The van der Waals surface area contributed by atoms with Crippen LogP contribution in [-0.4, -0.2) is 29.7 Å². The van der Waals surface area contributed by atoms with E-state index in [0.717, 1.165) is 18.4 Å². The number of aliphatic hydroxyl groups is 1. The highest BCUT2D eigenvalue weighted by molar-refractivity contribution is 6.30. The summed E-state index contributed by atoms with van der Waals surface area (Å²) in [7, 11) is 0. The highest BCUT2D eigenvalue weighted by Gasteiger charge is 2.30. The Morgan fingerprint density at radius 2 is 2.19 bits per heavy atom. The fourth-order valence-corrected chi connectivity index (χ4v) is 2.79. The molecule has 6 heteroatoms. The minimum atomic E-state index is -0.563. The van der Waals surface area contributed by atoms with Gasteiger partial charge in [-0.1, -0.05) is 23.7 Å². The van der Waals surface area contributed by atoms with Crippen molar-refractivity contribution in [2.75, 3.05) is 6.54 Å². The van der Waals surface area contributed by atoms with Crippen molar-refractivity contribution in [1.29, 1.82) is 0 Å². The van der Waals surface area contributed by atoms with E-state index in [0.29, 0.717) is 24.4 Å². The van der Waals surface area contributed by atoms with Crippen molar-refractivity contribution < 1.29 is 9.90 Å². The van der Waals surface area contributed by atoms with Gasteiger partial charge in [-0.2, -0.15) is 0 Å². The summed E-state index contributed by atoms with van der Waals surface area (Å²) < 4.78 is 0. The van der Waals surface area contributed by atoms with Crippen LogP contribution in [0.2, 0.25) is 5.02 Å². The predicted octanol–water partition coefficient (Wildman–Crippen LogP) is 1.91. The van der Waals surface area contributed by atoms with E-state index in [-0.39, 0.29) is 30.3 Å². The van der Waals surface area contributed by atoms with E-state index in [1.807, 2.05) is 24.3 Å². The van der Waals surface area contributed by atoms with Gasteiger partial charge in [0, 0.05) is 23.5 Å². The first-order valence-corrected chi connectivity index (χ1v) is 7.40. The second-order valence-electron chi connectivity index (χ2n) is 5.41. The number of hydrogen-bond acceptors (Lipinski definition) is 3. The fraction of sp³-hybridized carbons (Fsp3) is 0.533. The lowest BCUT2D eigenvalue weighted by Gasteiger charge is -2.29. The van der Waals surface area contributed by atoms with Crippen molar-refractivity contribution in [3.63, 3.8) is 0 Å². The molecule has 21 heavy (non-hydrogen) atoms. The van der Waals surface area contributed by atoms with E-state index in [2.05, 4.69) is 5.32 Å². The van der Waals surface area contributed by atoms with Crippen LogP contribution in [0.15, 0.2) is 24.3 Å². The van der Waals surface area contributed by atoms with Gasteiger partial charge >= 0.3 is 0 Å². The molecule has 0 aliphatic heterocycles. The van der Waals surface area contributed by atoms with Crippen LogP contribution in [0.1, 0.15) is 24.8 Å². The summed E-state index contributed by atoms with van der Waals surface area (Å²) in [6.45, 7) is 0.581. The van der Waals surface area contributed by atoms with E-state index in [1.54, 1.807) is 0 Å². The molecule has 0 radical (unpaired) electrons. The SMILES string of the molecule is Cl.N[C@H]1CC[C@H](C(=O)NCCc2cccc(Cl)c2)C[C@@H]1O. The summed E-state index contributed by atoms with van der Waals surface area (Å²) in [4.78, 5) is 12.0. The Labute approximate surface area is 136 Å². The van der Waals surface area contributed by atoms with Crippen LogP contribution < -0.4 is 11.1 Å². The van der Waals surface area contributed by atoms with Gasteiger partial charge in [-0.15, -0.1) is 12.4 Å². The first kappa shape index (κ1) is 18.2. The van der Waals surface area contributed by atoms with Gasteiger partial charge in [0.25, 0.3) is 0 Å². The molecule has 0 aromatic heterocycles. The maximum absolute atomic E-state index is 12.0. The normalized spacial score (nSPS) is 25.0. The summed E-state index contributed by atoms with van der Waals surface area (Å²) in [5.41, 5.74) is 6.84. The van der Waals surface area contributed by atoms with Crippen molar-refractivity contribution >= 4 is 29.9 Å². The molecule has 0 heterocycles. The van der Waals surface area contributed by atoms with Crippen LogP contribution in [0, 0.1) is 5.92 Å². The molecule has 3 atom stereocenters. The van der Waals surface area contributed by atoms with Gasteiger partial charge in [0.15, 0.2) is 0 Å². The standard InChI is InChI=1S/C15H21ClN2O2.ClH/c16-12-3-1-2-10(8-12)6-7-18-15(20)11-4-5-13(17)14(19)9-11;/h1-3,8,11,13-14,19H,4-7,9,17H2,(H,18,20);1H/t11-,13-,14-;/m0./s1. The molecule has 1 aromatic carbocycles. The van der Waals surface area contributed by atoms with Crippen molar-refractivity contribution in [3.8, 4) is 0 Å². The van der Waals surface area contributed by atoms with Crippen LogP contribution >= 0.6 is 24.0 Å². The lowest BCUT2D eigenvalue weighted by Crippen LogP contribution is -2.44. The summed E-state index contributed by atoms with van der Waals surface area (Å²) in [5, 5.41) is 13.3. The lowest BCUT2D eigenvalue weighted by atomic mass is 9.84. The monoisotopic (exact) mass is 332 g/mol. The molecule has 0 unspecified atom stereocenters. The smallest absolute Gasteiger partial charge is 0.223 e. The molecule has 4 N–H and O–H groups in total. The number of hydrogen-bond donors (Lipinski definition) is 3. The minimum absolute atomic E-state index is 0. The van der Waals surface area contributed by atoms with Crippen molar-refractivity contribution in [2.24, 2.45) is 11.7 Å². The second-order valence-corrected chi connectivity index (χ2v) is 5.85. The second kappa shape index (κ2) is 8.59. The van der Waals surface area contributed by atoms with Crippen LogP contribution in [0.25, 0.3) is 0 Å². The molecule has 0 bridgehead atoms. The fourth-order valence-electron chi connectivity index (χ4n) is 2.58. The van der Waals surface area contributed by atoms with Crippen LogP contribution in [0.3, 0.4) is 0 Å². The first-order chi connectivity index (χ1) is 9.56. The quantitative estimate of drug-likeness (QED) is 0.788. The molecule has 118 valence electrons. The highest BCUT2D eigenvalue weighted by Crippen LogP contribution is 2.23. The van der Waals surface area contributed by atoms with Crippen LogP contribution in [-0.2, 0) is 11.2 Å². The number of benzene rings is 1. The van der Waals surface area contributed by atoms with E-state index in [9.17, 15) is 9.90 Å². The Bertz CT molecular complexity index is 471. The van der Waals surface area contributed by atoms with E-state index in [1.165, 1.54) is 0 Å². The molecule has 1 amide bonds. The van der Waals surface area contributed by atoms with Crippen molar-refractivity contribution in [1.82, 2.24) is 5.32 Å². The number of rotatable bonds is 4. The van der Waals surface area contributed by atoms with E-state index >= 15 is 0 Å². The topological polar surface area (TPSA) is 75.4 Å². The molecule has 1 saturated carbocycles. The summed E-state index contributed by atoms with van der Waals surface area (Å²) in [5.74, 6) is -0.109. The molecular formula is C15H22Cl2N2O2. The van der Waals surface area contributed by atoms with Crippen molar-refractivity contribution in [2.45, 2.75) is 37.8 Å². The van der Waals surface area contributed by atoms with Crippen molar-refractivity contribution in [3.05, 3.63) is 34.9 Å². The molecule has 4 nitrogen and oxygen atoms in total. The van der Waals surface area contributed by atoms with Gasteiger partial charge in [0.2, 0.25) is 5.91 Å². The van der Waals surface area contributed by atoms with Crippen LogP contribution in [0.4, 0.5) is 0 Å². The van der Waals surface area contributed by atoms with Gasteiger partial charge in [-0.05, 0) is 43.4 Å².